The number of anilines is 12. The maximum absolute atomic E-state index is 14.2. The number of rotatable bonds is 13. The minimum absolute atomic E-state index is 0.155. The first-order chi connectivity index (χ1) is 58.4. The molecule has 0 saturated carbocycles. The minimum Gasteiger partial charge on any atom is -0.310 e. The fraction of sp³-hybridized carbons (Fsp3) is 0.198. The molecule has 0 bridgehead atoms. The summed E-state index contributed by atoms with van der Waals surface area (Å²) in [6, 6.07) is 95.1. The van der Waals surface area contributed by atoms with E-state index in [1.165, 1.54) is 25.8 Å². The zero-order chi connectivity index (χ0) is 84.5. The molecule has 15 heteroatoms. The Bertz CT molecular complexity index is 6620. The lowest BCUT2D eigenvalue weighted by molar-refractivity contribution is 0.0909. The Kier molecular flexibility index (Phi) is 19.6. The van der Waals surface area contributed by atoms with Crippen molar-refractivity contribution in [1.29, 1.82) is 0 Å². The zero-order valence-corrected chi connectivity index (χ0v) is 70.6. The number of carbonyl (C=O) groups is 6. The van der Waals surface area contributed by atoms with Crippen molar-refractivity contribution in [2.24, 2.45) is 0 Å². The van der Waals surface area contributed by atoms with Crippen molar-refractivity contribution >= 4 is 132 Å². The van der Waals surface area contributed by atoms with Gasteiger partial charge < -0.3 is 14.7 Å². The van der Waals surface area contributed by atoms with Gasteiger partial charge in [-0.1, -0.05) is 255 Å². The number of carbonyl (C=O) groups excluding carboxylic acids is 6. The summed E-state index contributed by atoms with van der Waals surface area (Å²) >= 11 is 0. The van der Waals surface area contributed by atoms with Crippen molar-refractivity contribution in [3.05, 3.63) is 363 Å². The van der Waals surface area contributed by atoms with E-state index in [-0.39, 0.29) is 76.4 Å². The van der Waals surface area contributed by atoms with Gasteiger partial charge in [-0.15, -0.1) is 0 Å². The Labute approximate surface area is 706 Å². The minimum atomic E-state index is -0.284. The first-order valence-corrected chi connectivity index (χ1v) is 42.0. The molecule has 600 valence electrons. The van der Waals surface area contributed by atoms with Crippen molar-refractivity contribution in [1.82, 2.24) is 14.0 Å². The van der Waals surface area contributed by atoms with E-state index in [0.717, 1.165) is 135 Å². The van der Waals surface area contributed by atoms with Crippen LogP contribution < -0.4 is 29.4 Å². The normalized spacial score (nSPS) is 14.4. The third-order valence-corrected chi connectivity index (χ3v) is 24.6. The number of para-hydroxylation sites is 14. The van der Waals surface area contributed by atoms with Crippen LogP contribution in [-0.4, -0.2) is 49.4 Å². The molecule has 6 amide bonds. The van der Waals surface area contributed by atoms with Crippen LogP contribution in [0.25, 0.3) is 33.5 Å². The molecule has 0 saturated heterocycles. The summed E-state index contributed by atoms with van der Waals surface area (Å²) in [6.45, 7) is 29.7. The molecule has 5 aliphatic rings. The number of amides is 6. The quantitative estimate of drug-likeness (QED) is 0.102. The molecule has 20 rings (SSSR count). The number of fused-ring (bicyclic) bond motifs is 12. The first kappa shape index (κ1) is 78.1. The highest BCUT2D eigenvalue weighted by Crippen LogP contribution is 2.56. The Hall–Kier alpha value is -14.1. The van der Waals surface area contributed by atoms with Crippen molar-refractivity contribution < 1.29 is 28.8 Å². The van der Waals surface area contributed by atoms with E-state index in [2.05, 4.69) is 224 Å². The molecule has 0 fully saturated rings. The van der Waals surface area contributed by atoms with Crippen LogP contribution in [0.3, 0.4) is 0 Å². The topological polar surface area (TPSA) is 144 Å². The fourth-order valence-corrected chi connectivity index (χ4v) is 18.7. The van der Waals surface area contributed by atoms with Crippen LogP contribution in [0.4, 0.5) is 68.2 Å². The van der Waals surface area contributed by atoms with Gasteiger partial charge in [-0.25, -0.2) is 19.7 Å². The second-order valence-electron chi connectivity index (χ2n) is 34.3. The molecule has 15 aromatic rings. The van der Waals surface area contributed by atoms with Gasteiger partial charge in [0.1, 0.15) is 0 Å². The van der Waals surface area contributed by atoms with E-state index in [0.29, 0.717) is 33.4 Å². The third-order valence-electron chi connectivity index (χ3n) is 24.6. The van der Waals surface area contributed by atoms with Crippen molar-refractivity contribution in [2.75, 3.05) is 29.4 Å². The van der Waals surface area contributed by atoms with Crippen molar-refractivity contribution in [3.63, 3.8) is 0 Å². The molecule has 0 aliphatic carbocycles. The predicted molar refractivity (Wildman–Crippen MR) is 489 cm³/mol. The lowest BCUT2D eigenvalue weighted by Gasteiger charge is -2.42. The predicted octanol–water partition coefficient (Wildman–Crippen LogP) is 26.3. The maximum atomic E-state index is 14.2. The average molecular weight is 1590 g/mol. The summed E-state index contributed by atoms with van der Waals surface area (Å²) in [7, 11) is 0. The van der Waals surface area contributed by atoms with Gasteiger partial charge in [-0.2, -0.15) is 0 Å². The number of hydrogen-bond donors (Lipinski definition) is 0. The number of imide groups is 3. The molecule has 0 unspecified atom stereocenters. The van der Waals surface area contributed by atoms with Crippen LogP contribution in [-0.2, 0) is 5.41 Å². The first-order valence-electron chi connectivity index (χ1n) is 42.0. The SMILES string of the molecule is CC(C)c1cccc(C(C)C)c1N1C(=O)c2ccc(-n3c4ccccc4n4c5ccccc5nc34)cc2C1=O.CC(C)c1cccc(C(C)C)c1N1C(=O)c2ccc(N3c4ccccc4C(C)(C)c4ccccc43)cc2C1=O.CC(C)c1cccc(C(C)C)c1N1C(=O)c2ccc(N3c4ccccc4N(c4ccccc4)c4ccccc43)cc2C1=O. The molecule has 7 heterocycles. The van der Waals surface area contributed by atoms with Crippen LogP contribution in [0.2, 0.25) is 0 Å². The molecule has 0 radical (unpaired) electrons. The van der Waals surface area contributed by atoms with Gasteiger partial charge in [-0.3, -0.25) is 37.7 Å². The summed E-state index contributed by atoms with van der Waals surface area (Å²) in [5, 5.41) is 0. The molecule has 0 atom stereocenters. The van der Waals surface area contributed by atoms with E-state index < -0.39 is 0 Å². The van der Waals surface area contributed by atoms with Crippen molar-refractivity contribution in [3.8, 4) is 5.69 Å². The van der Waals surface area contributed by atoms with Crippen molar-refractivity contribution in [2.45, 2.75) is 138 Å². The van der Waals surface area contributed by atoms with Crippen LogP contribution in [0.15, 0.2) is 285 Å². The molecule has 2 aromatic heterocycles. The van der Waals surface area contributed by atoms with Crippen LogP contribution in [0.1, 0.15) is 239 Å². The summed E-state index contributed by atoms with van der Waals surface area (Å²) in [6.07, 6.45) is 0. The molecule has 0 spiro atoms. The van der Waals surface area contributed by atoms with Crippen LogP contribution in [0, 0.1) is 0 Å². The van der Waals surface area contributed by atoms with Gasteiger partial charge >= 0.3 is 0 Å². The molecule has 0 N–H and O–H groups in total. The number of hydrogen-bond acceptors (Lipinski definition) is 10. The van der Waals surface area contributed by atoms with Crippen LogP contribution >= 0.6 is 0 Å². The monoisotopic (exact) mass is 1590 g/mol. The van der Waals surface area contributed by atoms with E-state index in [9.17, 15) is 28.8 Å². The highest BCUT2D eigenvalue weighted by molar-refractivity contribution is 6.37. The second kappa shape index (κ2) is 30.4. The van der Waals surface area contributed by atoms with Crippen LogP contribution in [0.5, 0.6) is 0 Å². The van der Waals surface area contributed by atoms with Gasteiger partial charge in [0, 0.05) is 28.2 Å². The van der Waals surface area contributed by atoms with E-state index in [4.69, 9.17) is 4.98 Å². The van der Waals surface area contributed by atoms with Gasteiger partial charge in [-0.05, 0) is 207 Å². The summed E-state index contributed by atoms with van der Waals surface area (Å²) in [4.78, 5) is 99.7. The molecule has 121 heavy (non-hydrogen) atoms. The summed E-state index contributed by atoms with van der Waals surface area (Å²) in [5.74, 6) is 0.119. The Morgan fingerprint density at radius 2 is 0.537 bits per heavy atom. The van der Waals surface area contributed by atoms with E-state index in [1.807, 2.05) is 176 Å². The number of aromatic nitrogens is 3. The van der Waals surface area contributed by atoms with E-state index >= 15 is 0 Å². The largest absolute Gasteiger partial charge is 0.310 e. The standard InChI is InChI=1S/C38H33N3O2.C35H34N2O2.C33H28N4O2/c1-24(2)28-15-12-16-29(25(3)4)36(28)41-37(42)30-22-21-27(23-31(30)38(41)43)40-34-19-10-8-17-32(34)39(26-13-6-5-7-14-26)33-18-9-11-20-35(33)40;1-21(2)24-12-11-13-25(22(3)4)32(24)37-33(38)26-19-18-23(20-27(26)34(37)39)36-30-16-9-7-14-28(30)35(5,6)29-15-8-10-17-31(29)36;1-19(2)22-10-9-11-23(20(3)4)30(22)37-31(38)24-17-16-21(18-25(24)32(37)39)35-28-14-7-8-15-29(28)36-27-13-6-5-12-26(27)34-33(35)36/h5-25H,1-4H3;7-22H,1-6H3;5-20H,1-4H3. The molecular formula is C106H95N9O6. The summed E-state index contributed by atoms with van der Waals surface area (Å²) < 4.78 is 4.21. The lowest BCUT2D eigenvalue weighted by atomic mass is 9.73. The fourth-order valence-electron chi connectivity index (χ4n) is 18.7. The second-order valence-corrected chi connectivity index (χ2v) is 34.3. The number of nitrogens with zero attached hydrogens (tertiary/aromatic N) is 9. The van der Waals surface area contributed by atoms with Gasteiger partial charge in [0.25, 0.3) is 35.4 Å². The highest BCUT2D eigenvalue weighted by atomic mass is 16.2. The van der Waals surface area contributed by atoms with E-state index in [1.54, 1.807) is 6.07 Å². The van der Waals surface area contributed by atoms with Gasteiger partial charge in [0.15, 0.2) is 0 Å². The Balaban J connectivity index is 0.000000124. The molecular weight excluding hydrogens is 1500 g/mol. The molecule has 5 aliphatic heterocycles. The summed E-state index contributed by atoms with van der Waals surface area (Å²) in [5.41, 5.74) is 26.8. The smallest absolute Gasteiger partial charge is 0.266 e. The van der Waals surface area contributed by atoms with Gasteiger partial charge in [0.2, 0.25) is 5.78 Å². The average Bonchev–Trinajstić information content (AvgIpc) is 1.34. The Morgan fingerprint density at radius 1 is 0.248 bits per heavy atom. The van der Waals surface area contributed by atoms with Gasteiger partial charge in [0.05, 0.1) is 107 Å². The number of imidazole rings is 2. The maximum Gasteiger partial charge on any atom is 0.266 e. The molecule has 15 nitrogen and oxygen atoms in total. The highest BCUT2D eigenvalue weighted by Gasteiger charge is 2.45. The third kappa shape index (κ3) is 12.6. The zero-order valence-electron chi connectivity index (χ0n) is 70.6. The Morgan fingerprint density at radius 3 is 0.917 bits per heavy atom. The lowest BCUT2D eigenvalue weighted by Crippen LogP contribution is -2.32. The number of benzene rings is 13. The molecule has 13 aromatic carbocycles.